The monoisotopic (exact) mass is 534 g/mol. The molecule has 5 rings (SSSR count). The Labute approximate surface area is 218 Å². The van der Waals surface area contributed by atoms with Crippen LogP contribution in [0.5, 0.6) is 5.75 Å². The van der Waals surface area contributed by atoms with E-state index in [1.54, 1.807) is 16.8 Å². The van der Waals surface area contributed by atoms with Gasteiger partial charge in [0, 0.05) is 36.7 Å². The van der Waals surface area contributed by atoms with Gasteiger partial charge in [0.1, 0.15) is 0 Å². The maximum atomic E-state index is 14.7. The van der Waals surface area contributed by atoms with E-state index in [4.69, 9.17) is 22.1 Å². The van der Waals surface area contributed by atoms with Gasteiger partial charge in [0.15, 0.2) is 23.0 Å². The Morgan fingerprint density at radius 3 is 2.61 bits per heavy atom. The standard InChI is InChI=1S/C25H25ClF2N6O.ClH/c1-35-21-5-3-17(22(27)23(21)28)20-14-31-25-24(30-8-11-34(20)25)32-16-2-4-19(18(26)12-16)33-9-6-15(13-29)7-10-33;/h2-5,8,11-12,14-15H,6-7,9-10,13,29H2,1H3,(H,30,32);1H. The number of nitrogens with zero attached hydrogens (tertiary/aromatic N) is 4. The van der Waals surface area contributed by atoms with Crippen molar-refractivity contribution in [3.05, 3.63) is 65.6 Å². The number of anilines is 3. The van der Waals surface area contributed by atoms with Crippen LogP contribution in [0.4, 0.5) is 26.0 Å². The third-order valence-corrected chi connectivity index (χ3v) is 6.77. The summed E-state index contributed by atoms with van der Waals surface area (Å²) in [6.07, 6.45) is 6.80. The van der Waals surface area contributed by atoms with Gasteiger partial charge in [0.2, 0.25) is 5.82 Å². The number of fused-ring (bicyclic) bond motifs is 1. The number of aromatic nitrogens is 3. The van der Waals surface area contributed by atoms with Crippen LogP contribution in [0, 0.1) is 17.6 Å². The molecule has 3 N–H and O–H groups in total. The highest BCUT2D eigenvalue weighted by Crippen LogP contribution is 2.34. The summed E-state index contributed by atoms with van der Waals surface area (Å²) in [7, 11) is 1.29. The van der Waals surface area contributed by atoms with Crippen LogP contribution < -0.4 is 20.7 Å². The fraction of sp³-hybridized carbons (Fsp3) is 0.280. The molecule has 190 valence electrons. The lowest BCUT2D eigenvalue weighted by Crippen LogP contribution is -2.36. The first-order valence-corrected chi connectivity index (χ1v) is 11.7. The second kappa shape index (κ2) is 10.9. The number of methoxy groups -OCH3 is 1. The Bertz CT molecular complexity index is 1370. The van der Waals surface area contributed by atoms with E-state index >= 15 is 0 Å². The highest BCUT2D eigenvalue weighted by Gasteiger charge is 2.21. The first-order chi connectivity index (χ1) is 17.0. The average Bonchev–Trinajstić information content (AvgIpc) is 3.31. The molecule has 1 aliphatic heterocycles. The second-order valence-electron chi connectivity index (χ2n) is 8.51. The van der Waals surface area contributed by atoms with Crippen LogP contribution in [-0.2, 0) is 0 Å². The fourth-order valence-electron chi connectivity index (χ4n) is 4.48. The van der Waals surface area contributed by atoms with Gasteiger partial charge in [-0.25, -0.2) is 14.4 Å². The lowest BCUT2D eigenvalue weighted by molar-refractivity contribution is 0.372. The number of nitrogens with two attached hydrogens (primary N) is 1. The normalized spacial score (nSPS) is 14.1. The van der Waals surface area contributed by atoms with Gasteiger partial charge in [-0.05, 0) is 55.6 Å². The van der Waals surface area contributed by atoms with Crippen molar-refractivity contribution in [1.29, 1.82) is 0 Å². The summed E-state index contributed by atoms with van der Waals surface area (Å²) in [5.41, 5.74) is 8.44. The molecule has 0 radical (unpaired) electrons. The molecular weight excluding hydrogens is 509 g/mol. The SMILES string of the molecule is COc1ccc(-c2cnc3c(Nc4ccc(N5CCC(CN)CC5)c(Cl)c4)nccn23)c(F)c1F.Cl. The number of hydrogen-bond donors (Lipinski definition) is 2. The van der Waals surface area contributed by atoms with Crippen molar-refractivity contribution in [2.24, 2.45) is 11.7 Å². The summed E-state index contributed by atoms with van der Waals surface area (Å²) < 4.78 is 35.5. The van der Waals surface area contributed by atoms with Crippen LogP contribution in [0.15, 0.2) is 48.9 Å². The van der Waals surface area contributed by atoms with E-state index in [2.05, 4.69) is 20.2 Å². The number of nitrogens with one attached hydrogen (secondary N) is 1. The van der Waals surface area contributed by atoms with Crippen LogP contribution in [0.3, 0.4) is 0 Å². The molecule has 0 aliphatic carbocycles. The number of imidazole rings is 1. The number of halogens is 4. The maximum Gasteiger partial charge on any atom is 0.201 e. The first-order valence-electron chi connectivity index (χ1n) is 11.4. The van der Waals surface area contributed by atoms with Gasteiger partial charge >= 0.3 is 0 Å². The van der Waals surface area contributed by atoms with Crippen LogP contribution in [-0.4, -0.2) is 41.1 Å². The summed E-state index contributed by atoms with van der Waals surface area (Å²) in [4.78, 5) is 11.1. The van der Waals surface area contributed by atoms with Gasteiger partial charge in [-0.2, -0.15) is 4.39 Å². The largest absolute Gasteiger partial charge is 0.494 e. The van der Waals surface area contributed by atoms with Crippen molar-refractivity contribution in [3.8, 4) is 17.0 Å². The van der Waals surface area contributed by atoms with Gasteiger partial charge in [-0.3, -0.25) is 4.40 Å². The molecule has 2 aromatic heterocycles. The van der Waals surface area contributed by atoms with E-state index in [9.17, 15) is 8.78 Å². The fourth-order valence-corrected chi connectivity index (χ4v) is 4.78. The van der Waals surface area contributed by atoms with E-state index in [1.807, 2.05) is 18.2 Å². The zero-order valence-electron chi connectivity index (χ0n) is 19.5. The molecule has 36 heavy (non-hydrogen) atoms. The van der Waals surface area contributed by atoms with Crippen LogP contribution in [0.2, 0.25) is 5.02 Å². The Morgan fingerprint density at radius 2 is 1.92 bits per heavy atom. The lowest BCUT2D eigenvalue weighted by Gasteiger charge is -2.33. The molecule has 4 aromatic rings. The molecule has 0 spiro atoms. The highest BCUT2D eigenvalue weighted by molar-refractivity contribution is 6.33. The zero-order chi connectivity index (χ0) is 24.5. The third-order valence-electron chi connectivity index (χ3n) is 6.47. The molecule has 11 heteroatoms. The number of hydrogen-bond acceptors (Lipinski definition) is 6. The summed E-state index contributed by atoms with van der Waals surface area (Å²) in [5.74, 6) is -1.18. The Kier molecular flexibility index (Phi) is 7.82. The topological polar surface area (TPSA) is 80.7 Å². The predicted octanol–water partition coefficient (Wildman–Crippen LogP) is 5.68. The summed E-state index contributed by atoms with van der Waals surface area (Å²) in [6, 6.07) is 8.61. The Balaban J connectivity index is 0.00000304. The molecule has 0 saturated carbocycles. The lowest BCUT2D eigenvalue weighted by atomic mass is 9.97. The number of ether oxygens (including phenoxy) is 1. The quantitative estimate of drug-likeness (QED) is 0.331. The second-order valence-corrected chi connectivity index (χ2v) is 8.92. The van der Waals surface area contributed by atoms with Crippen LogP contribution >= 0.6 is 24.0 Å². The number of piperidine rings is 1. The summed E-state index contributed by atoms with van der Waals surface area (Å²) in [6.45, 7) is 2.57. The molecule has 1 aliphatic rings. The molecule has 0 unspecified atom stereocenters. The van der Waals surface area contributed by atoms with Crippen molar-refractivity contribution in [2.45, 2.75) is 12.8 Å². The predicted molar refractivity (Wildman–Crippen MR) is 141 cm³/mol. The van der Waals surface area contributed by atoms with Gasteiger partial charge in [0.25, 0.3) is 0 Å². The molecular formula is C25H26Cl2F2N6O. The van der Waals surface area contributed by atoms with Crippen LogP contribution in [0.1, 0.15) is 12.8 Å². The van der Waals surface area contributed by atoms with Gasteiger partial charge < -0.3 is 20.7 Å². The first kappa shape index (κ1) is 25.9. The van der Waals surface area contributed by atoms with Gasteiger partial charge in [0.05, 0.1) is 29.7 Å². The molecule has 0 amide bonds. The zero-order valence-corrected chi connectivity index (χ0v) is 21.1. The van der Waals surface area contributed by atoms with Crippen molar-refractivity contribution < 1.29 is 13.5 Å². The van der Waals surface area contributed by atoms with Crippen molar-refractivity contribution >= 4 is 46.8 Å². The molecule has 2 aromatic carbocycles. The molecule has 0 atom stereocenters. The van der Waals surface area contributed by atoms with E-state index in [1.165, 1.54) is 25.4 Å². The minimum absolute atomic E-state index is 0. The Hall–Kier alpha value is -3.14. The number of benzene rings is 2. The molecule has 7 nitrogen and oxygen atoms in total. The Morgan fingerprint density at radius 1 is 1.14 bits per heavy atom. The highest BCUT2D eigenvalue weighted by atomic mass is 35.5. The molecule has 0 bridgehead atoms. The van der Waals surface area contributed by atoms with Crippen molar-refractivity contribution in [1.82, 2.24) is 14.4 Å². The number of rotatable bonds is 6. The molecule has 1 saturated heterocycles. The van der Waals surface area contributed by atoms with E-state index < -0.39 is 11.6 Å². The van der Waals surface area contributed by atoms with E-state index in [0.29, 0.717) is 28.1 Å². The summed E-state index contributed by atoms with van der Waals surface area (Å²) >= 11 is 6.62. The van der Waals surface area contributed by atoms with Crippen molar-refractivity contribution in [3.63, 3.8) is 0 Å². The smallest absolute Gasteiger partial charge is 0.201 e. The van der Waals surface area contributed by atoms with Gasteiger partial charge in [-0.15, -0.1) is 12.4 Å². The van der Waals surface area contributed by atoms with E-state index in [-0.39, 0.29) is 23.7 Å². The van der Waals surface area contributed by atoms with E-state index in [0.717, 1.165) is 43.9 Å². The maximum absolute atomic E-state index is 14.7. The molecule has 1 fully saturated rings. The van der Waals surface area contributed by atoms with Gasteiger partial charge in [-0.1, -0.05) is 11.6 Å². The average molecular weight is 535 g/mol. The van der Waals surface area contributed by atoms with Crippen LogP contribution in [0.25, 0.3) is 16.9 Å². The minimum Gasteiger partial charge on any atom is -0.494 e. The van der Waals surface area contributed by atoms with Crippen molar-refractivity contribution in [2.75, 3.05) is 37.0 Å². The third kappa shape index (κ3) is 4.78. The molecule has 3 heterocycles. The minimum atomic E-state index is -1.05. The summed E-state index contributed by atoms with van der Waals surface area (Å²) in [5, 5.41) is 3.87.